The molecule has 108 valence electrons. The zero-order valence-electron chi connectivity index (χ0n) is 13.7. The van der Waals surface area contributed by atoms with Crippen molar-refractivity contribution in [1.29, 1.82) is 0 Å². The summed E-state index contributed by atoms with van der Waals surface area (Å²) in [5, 5.41) is 0. The summed E-state index contributed by atoms with van der Waals surface area (Å²) in [6.45, 7) is 15.8. The SMILES string of the molecule is CC(=O)/C=C/[C@@H]1/C(=C\[Si](C)(C)C)CC[C@@H](C)C1(C)C. The van der Waals surface area contributed by atoms with Gasteiger partial charge in [-0.15, -0.1) is 0 Å². The van der Waals surface area contributed by atoms with Crippen molar-refractivity contribution in [3.8, 4) is 0 Å². The fraction of sp³-hybridized carbons (Fsp3) is 0.706. The van der Waals surface area contributed by atoms with Crippen molar-refractivity contribution >= 4 is 13.9 Å². The molecule has 0 N–H and O–H groups in total. The zero-order chi connectivity index (χ0) is 14.8. The van der Waals surface area contributed by atoms with Gasteiger partial charge in [0.2, 0.25) is 0 Å². The maximum absolute atomic E-state index is 11.3. The third-order valence-electron chi connectivity index (χ3n) is 4.48. The van der Waals surface area contributed by atoms with Crippen molar-refractivity contribution in [1.82, 2.24) is 0 Å². The van der Waals surface area contributed by atoms with Gasteiger partial charge in [0.05, 0.1) is 8.07 Å². The number of ketones is 1. The van der Waals surface area contributed by atoms with E-state index in [9.17, 15) is 4.79 Å². The number of rotatable bonds is 3. The quantitative estimate of drug-likeness (QED) is 0.524. The van der Waals surface area contributed by atoms with Gasteiger partial charge in [-0.3, -0.25) is 4.79 Å². The van der Waals surface area contributed by atoms with Gasteiger partial charge in [-0.05, 0) is 37.2 Å². The van der Waals surface area contributed by atoms with Crippen molar-refractivity contribution in [2.24, 2.45) is 17.3 Å². The summed E-state index contributed by atoms with van der Waals surface area (Å²) >= 11 is 0. The van der Waals surface area contributed by atoms with E-state index >= 15 is 0 Å². The molecule has 1 rings (SSSR count). The lowest BCUT2D eigenvalue weighted by Crippen LogP contribution is -2.36. The van der Waals surface area contributed by atoms with E-state index in [2.05, 4.69) is 52.2 Å². The maximum Gasteiger partial charge on any atom is 0.152 e. The highest BCUT2D eigenvalue weighted by molar-refractivity contribution is 6.81. The van der Waals surface area contributed by atoms with Crippen LogP contribution in [0.1, 0.15) is 40.5 Å². The van der Waals surface area contributed by atoms with Crippen LogP contribution in [0, 0.1) is 17.3 Å². The Balaban J connectivity index is 3.16. The first kappa shape index (κ1) is 16.4. The van der Waals surface area contributed by atoms with Crippen LogP contribution in [0.15, 0.2) is 23.4 Å². The zero-order valence-corrected chi connectivity index (χ0v) is 14.7. The third-order valence-corrected chi connectivity index (χ3v) is 5.72. The molecule has 1 saturated carbocycles. The van der Waals surface area contributed by atoms with Gasteiger partial charge in [0.15, 0.2) is 5.78 Å². The van der Waals surface area contributed by atoms with Gasteiger partial charge >= 0.3 is 0 Å². The highest BCUT2D eigenvalue weighted by atomic mass is 28.3. The van der Waals surface area contributed by atoms with Crippen LogP contribution < -0.4 is 0 Å². The third kappa shape index (κ3) is 4.45. The lowest BCUT2D eigenvalue weighted by atomic mass is 9.61. The Labute approximate surface area is 120 Å². The number of carbonyl (C=O) groups excluding carboxylic acids is 1. The van der Waals surface area contributed by atoms with Gasteiger partial charge in [-0.1, -0.05) is 57.8 Å². The Bertz CT molecular complexity index is 396. The summed E-state index contributed by atoms with van der Waals surface area (Å²) in [4.78, 5) is 11.3. The highest BCUT2D eigenvalue weighted by Gasteiger charge is 2.39. The average molecular weight is 279 g/mol. The fourth-order valence-electron chi connectivity index (χ4n) is 3.02. The molecule has 0 spiro atoms. The molecule has 1 fully saturated rings. The van der Waals surface area contributed by atoms with E-state index < -0.39 is 8.07 Å². The molecule has 1 aliphatic rings. The molecule has 2 atom stereocenters. The number of carbonyl (C=O) groups is 1. The summed E-state index contributed by atoms with van der Waals surface area (Å²) in [7, 11) is -1.21. The molecule has 0 aromatic rings. The normalized spacial score (nSPS) is 29.9. The molecule has 0 saturated heterocycles. The van der Waals surface area contributed by atoms with Gasteiger partial charge in [0, 0.05) is 5.92 Å². The van der Waals surface area contributed by atoms with Crippen LogP contribution in [0.4, 0.5) is 0 Å². The molecule has 1 nitrogen and oxygen atoms in total. The molecular formula is C17H30OSi. The minimum absolute atomic E-state index is 0.154. The molecule has 19 heavy (non-hydrogen) atoms. The monoisotopic (exact) mass is 278 g/mol. The molecule has 0 bridgehead atoms. The van der Waals surface area contributed by atoms with E-state index in [0.29, 0.717) is 11.8 Å². The van der Waals surface area contributed by atoms with Crippen molar-refractivity contribution < 1.29 is 4.79 Å². The second-order valence-corrected chi connectivity index (χ2v) is 12.8. The van der Waals surface area contributed by atoms with Crippen molar-refractivity contribution in [3.63, 3.8) is 0 Å². The predicted molar refractivity (Wildman–Crippen MR) is 86.9 cm³/mol. The molecular weight excluding hydrogens is 248 g/mol. The summed E-state index contributed by atoms with van der Waals surface area (Å²) in [5.74, 6) is 1.28. The van der Waals surface area contributed by atoms with E-state index in [4.69, 9.17) is 0 Å². The van der Waals surface area contributed by atoms with Crippen LogP contribution in [0.2, 0.25) is 19.6 Å². The van der Waals surface area contributed by atoms with E-state index in [1.807, 2.05) is 0 Å². The van der Waals surface area contributed by atoms with Crippen molar-refractivity contribution in [2.75, 3.05) is 0 Å². The number of hydrogen-bond acceptors (Lipinski definition) is 1. The van der Waals surface area contributed by atoms with Crippen LogP contribution in [-0.4, -0.2) is 13.9 Å². The minimum Gasteiger partial charge on any atom is -0.295 e. The van der Waals surface area contributed by atoms with E-state index in [1.54, 1.807) is 18.6 Å². The molecule has 0 amide bonds. The summed E-state index contributed by atoms with van der Waals surface area (Å²) in [6.07, 6.45) is 6.39. The van der Waals surface area contributed by atoms with Gasteiger partial charge in [0.25, 0.3) is 0 Å². The van der Waals surface area contributed by atoms with Crippen molar-refractivity contribution in [2.45, 2.75) is 60.2 Å². The summed E-state index contributed by atoms with van der Waals surface area (Å²) in [5.41, 5.74) is 4.37. The molecule has 0 aliphatic heterocycles. The average Bonchev–Trinajstić information content (AvgIpc) is 2.20. The first-order chi connectivity index (χ1) is 8.54. The van der Waals surface area contributed by atoms with E-state index in [-0.39, 0.29) is 11.2 Å². The fourth-order valence-corrected chi connectivity index (χ4v) is 4.45. The molecule has 2 heteroatoms. The Morgan fingerprint density at radius 1 is 1.32 bits per heavy atom. The second-order valence-electron chi connectivity index (χ2n) is 7.79. The van der Waals surface area contributed by atoms with Gasteiger partial charge in [0.1, 0.15) is 0 Å². The lowest BCUT2D eigenvalue weighted by molar-refractivity contribution is -0.112. The molecule has 0 aromatic carbocycles. The van der Waals surface area contributed by atoms with Crippen LogP contribution in [-0.2, 0) is 4.79 Å². The largest absolute Gasteiger partial charge is 0.295 e. The Morgan fingerprint density at radius 2 is 1.89 bits per heavy atom. The van der Waals surface area contributed by atoms with Gasteiger partial charge in [-0.2, -0.15) is 0 Å². The number of hydrogen-bond donors (Lipinski definition) is 0. The highest BCUT2D eigenvalue weighted by Crippen LogP contribution is 2.48. The molecule has 0 aromatic heterocycles. The molecule has 0 heterocycles. The summed E-state index contributed by atoms with van der Waals surface area (Å²) in [6, 6.07) is 0. The van der Waals surface area contributed by atoms with Gasteiger partial charge in [-0.25, -0.2) is 0 Å². The molecule has 0 radical (unpaired) electrons. The predicted octanol–water partition coefficient (Wildman–Crippen LogP) is 5.01. The first-order valence-electron chi connectivity index (χ1n) is 7.44. The number of allylic oxidation sites excluding steroid dienone is 3. The van der Waals surface area contributed by atoms with Crippen LogP contribution >= 0.6 is 0 Å². The maximum atomic E-state index is 11.3. The Hall–Kier alpha value is -0.633. The van der Waals surface area contributed by atoms with E-state index in [0.717, 1.165) is 0 Å². The minimum atomic E-state index is -1.21. The van der Waals surface area contributed by atoms with E-state index in [1.165, 1.54) is 12.8 Å². The smallest absolute Gasteiger partial charge is 0.152 e. The topological polar surface area (TPSA) is 17.1 Å². The van der Waals surface area contributed by atoms with Crippen LogP contribution in [0.3, 0.4) is 0 Å². The Morgan fingerprint density at radius 3 is 2.37 bits per heavy atom. The van der Waals surface area contributed by atoms with Crippen molar-refractivity contribution in [3.05, 3.63) is 23.4 Å². The van der Waals surface area contributed by atoms with Gasteiger partial charge < -0.3 is 0 Å². The standard InChI is InChI=1S/C17H30OSi/c1-13-8-10-15(12-19(5,6)7)16(17(13,3)4)11-9-14(2)18/h9,11-13,16H,8,10H2,1-7H3/b11-9+,15-12-/t13-,16-/m1/s1. The molecule has 0 unspecified atom stereocenters. The van der Waals surface area contributed by atoms with Crippen LogP contribution in [0.5, 0.6) is 0 Å². The lowest BCUT2D eigenvalue weighted by Gasteiger charge is -2.45. The summed E-state index contributed by atoms with van der Waals surface area (Å²) < 4.78 is 0. The second kappa shape index (κ2) is 5.78. The Kier molecular flexibility index (Phi) is 5.00. The first-order valence-corrected chi connectivity index (χ1v) is 11.0. The molecule has 1 aliphatic carbocycles. The van der Waals surface area contributed by atoms with Crippen LogP contribution in [0.25, 0.3) is 0 Å².